The van der Waals surface area contributed by atoms with Crippen LogP contribution >= 0.6 is 11.6 Å². The quantitative estimate of drug-likeness (QED) is 0.706. The molecule has 0 saturated carbocycles. The Morgan fingerprint density at radius 1 is 1.00 bits per heavy atom. The Bertz CT molecular complexity index is 571. The van der Waals surface area contributed by atoms with Gasteiger partial charge in [0.2, 0.25) is 0 Å². The lowest BCUT2D eigenvalue weighted by atomic mass is 10.0. The summed E-state index contributed by atoms with van der Waals surface area (Å²) in [7, 11) is 0. The first kappa shape index (κ1) is 13.9. The number of hydrogen-bond acceptors (Lipinski definition) is 0. The predicted octanol–water partition coefficient (Wildman–Crippen LogP) is 5.26. The molecule has 2 aromatic carbocycles. The Hall–Kier alpha value is -1.48. The van der Waals surface area contributed by atoms with Crippen molar-refractivity contribution in [3.8, 4) is 0 Å². The van der Waals surface area contributed by atoms with Crippen LogP contribution in [0.25, 0.3) is 0 Å². The van der Waals surface area contributed by atoms with Crippen LogP contribution in [0.4, 0.5) is 13.2 Å². The normalized spacial score (nSPS) is 11.6. The third kappa shape index (κ3) is 3.29. The minimum Gasteiger partial charge on any atom is -0.166 e. The largest absolute Gasteiger partial charge is 0.417 e. The second-order valence-electron chi connectivity index (χ2n) is 4.44. The van der Waals surface area contributed by atoms with Gasteiger partial charge in [0, 0.05) is 0 Å². The van der Waals surface area contributed by atoms with E-state index >= 15 is 0 Å². The topological polar surface area (TPSA) is 0 Å². The van der Waals surface area contributed by atoms with E-state index in [0.717, 1.165) is 17.2 Å². The van der Waals surface area contributed by atoms with Gasteiger partial charge in [0.05, 0.1) is 10.6 Å². The van der Waals surface area contributed by atoms with Crippen LogP contribution in [0.5, 0.6) is 0 Å². The minimum atomic E-state index is -4.42. The lowest BCUT2D eigenvalue weighted by molar-refractivity contribution is -0.137. The van der Waals surface area contributed by atoms with Crippen molar-refractivity contribution < 1.29 is 13.2 Å². The third-order valence-corrected chi connectivity index (χ3v) is 3.35. The van der Waals surface area contributed by atoms with Gasteiger partial charge in [0.1, 0.15) is 0 Å². The molecule has 0 spiro atoms. The van der Waals surface area contributed by atoms with Gasteiger partial charge in [-0.05, 0) is 30.5 Å². The molecule has 0 aromatic heterocycles. The molecule has 0 fully saturated rings. The first-order valence-electron chi connectivity index (χ1n) is 5.78. The van der Waals surface area contributed by atoms with Crippen molar-refractivity contribution in [1.82, 2.24) is 0 Å². The van der Waals surface area contributed by atoms with Crippen molar-refractivity contribution in [1.29, 1.82) is 0 Å². The zero-order chi connectivity index (χ0) is 14.0. The summed E-state index contributed by atoms with van der Waals surface area (Å²) in [6, 6.07) is 11.7. The summed E-state index contributed by atoms with van der Waals surface area (Å²) in [5.41, 5.74) is 1.75. The van der Waals surface area contributed by atoms with E-state index in [1.807, 2.05) is 31.2 Å². The van der Waals surface area contributed by atoms with Crippen LogP contribution in [-0.2, 0) is 12.6 Å². The van der Waals surface area contributed by atoms with Crippen molar-refractivity contribution in [2.24, 2.45) is 0 Å². The van der Waals surface area contributed by atoms with Gasteiger partial charge < -0.3 is 0 Å². The fourth-order valence-electron chi connectivity index (χ4n) is 1.86. The second-order valence-corrected chi connectivity index (χ2v) is 4.82. The standard InChI is InChI=1S/C15H12ClF3/c1-10-5-7-11(8-6-10)9-12-3-2-4-13(14(12)16)15(17,18)19/h2-8H,9H2,1H3. The molecule has 0 saturated heterocycles. The molecule has 0 aliphatic heterocycles. The molecule has 0 aliphatic rings. The zero-order valence-electron chi connectivity index (χ0n) is 10.3. The lowest BCUT2D eigenvalue weighted by Crippen LogP contribution is -2.07. The smallest absolute Gasteiger partial charge is 0.166 e. The molecule has 100 valence electrons. The number of rotatable bonds is 2. The molecule has 4 heteroatoms. The SMILES string of the molecule is Cc1ccc(Cc2cccc(C(F)(F)F)c2Cl)cc1. The average Bonchev–Trinajstić information content (AvgIpc) is 2.33. The molecule has 0 radical (unpaired) electrons. The molecule has 0 heterocycles. The molecule has 0 aliphatic carbocycles. The van der Waals surface area contributed by atoms with Crippen LogP contribution in [0.2, 0.25) is 5.02 Å². The highest BCUT2D eigenvalue weighted by molar-refractivity contribution is 6.32. The van der Waals surface area contributed by atoms with E-state index in [1.54, 1.807) is 6.07 Å². The summed E-state index contributed by atoms with van der Waals surface area (Å²) < 4.78 is 38.2. The second kappa shape index (κ2) is 5.25. The van der Waals surface area contributed by atoms with Gasteiger partial charge >= 0.3 is 6.18 Å². The maximum Gasteiger partial charge on any atom is 0.417 e. The van der Waals surface area contributed by atoms with Crippen molar-refractivity contribution in [3.05, 3.63) is 69.7 Å². The van der Waals surface area contributed by atoms with E-state index in [9.17, 15) is 13.2 Å². The van der Waals surface area contributed by atoms with E-state index in [2.05, 4.69) is 0 Å². The molecule has 2 aromatic rings. The number of halogens is 4. The van der Waals surface area contributed by atoms with Crippen LogP contribution in [-0.4, -0.2) is 0 Å². The lowest BCUT2D eigenvalue weighted by Gasteiger charge is -2.12. The molecule has 0 unspecified atom stereocenters. The van der Waals surface area contributed by atoms with Gasteiger partial charge in [-0.15, -0.1) is 0 Å². The monoisotopic (exact) mass is 284 g/mol. The Morgan fingerprint density at radius 3 is 2.21 bits per heavy atom. The molecule has 19 heavy (non-hydrogen) atoms. The van der Waals surface area contributed by atoms with E-state index in [-0.39, 0.29) is 5.02 Å². The molecular formula is C15H12ClF3. The summed E-state index contributed by atoms with van der Waals surface area (Å²) in [5, 5.41) is -0.212. The third-order valence-electron chi connectivity index (χ3n) is 2.90. The maximum atomic E-state index is 12.7. The summed E-state index contributed by atoms with van der Waals surface area (Å²) in [6.45, 7) is 1.96. The molecular weight excluding hydrogens is 273 g/mol. The summed E-state index contributed by atoms with van der Waals surface area (Å²) in [5.74, 6) is 0. The highest BCUT2D eigenvalue weighted by Crippen LogP contribution is 2.36. The molecule has 0 N–H and O–H groups in total. The minimum absolute atomic E-state index is 0.212. The van der Waals surface area contributed by atoms with Crippen LogP contribution in [0.3, 0.4) is 0 Å². The van der Waals surface area contributed by atoms with E-state index in [0.29, 0.717) is 12.0 Å². The van der Waals surface area contributed by atoms with Crippen molar-refractivity contribution in [2.45, 2.75) is 19.5 Å². The zero-order valence-corrected chi connectivity index (χ0v) is 11.0. The van der Waals surface area contributed by atoms with Crippen molar-refractivity contribution >= 4 is 11.6 Å². The van der Waals surface area contributed by atoms with Gasteiger partial charge in [-0.3, -0.25) is 0 Å². The van der Waals surface area contributed by atoms with Crippen LogP contribution in [0, 0.1) is 6.92 Å². The highest BCUT2D eigenvalue weighted by Gasteiger charge is 2.33. The summed E-state index contributed by atoms with van der Waals surface area (Å²) >= 11 is 5.85. The molecule has 0 amide bonds. The molecule has 2 rings (SSSR count). The van der Waals surface area contributed by atoms with E-state index < -0.39 is 11.7 Å². The Labute approximate surface area is 114 Å². The average molecular weight is 285 g/mol. The first-order chi connectivity index (χ1) is 8.88. The number of hydrogen-bond donors (Lipinski definition) is 0. The van der Waals surface area contributed by atoms with Crippen LogP contribution in [0.1, 0.15) is 22.3 Å². The Morgan fingerprint density at radius 2 is 1.63 bits per heavy atom. The summed E-state index contributed by atoms with van der Waals surface area (Å²) in [4.78, 5) is 0. The van der Waals surface area contributed by atoms with E-state index in [4.69, 9.17) is 11.6 Å². The number of aryl methyl sites for hydroxylation is 1. The van der Waals surface area contributed by atoms with Gasteiger partial charge in [-0.1, -0.05) is 53.6 Å². The highest BCUT2D eigenvalue weighted by atomic mass is 35.5. The predicted molar refractivity (Wildman–Crippen MR) is 70.4 cm³/mol. The molecule has 0 atom stereocenters. The van der Waals surface area contributed by atoms with Crippen LogP contribution in [0.15, 0.2) is 42.5 Å². The molecule has 0 bridgehead atoms. The van der Waals surface area contributed by atoms with E-state index in [1.165, 1.54) is 6.07 Å². The van der Waals surface area contributed by atoms with Crippen molar-refractivity contribution in [2.75, 3.05) is 0 Å². The Kier molecular flexibility index (Phi) is 3.85. The van der Waals surface area contributed by atoms with Gasteiger partial charge in [0.25, 0.3) is 0 Å². The van der Waals surface area contributed by atoms with Gasteiger partial charge in [-0.2, -0.15) is 13.2 Å². The first-order valence-corrected chi connectivity index (χ1v) is 6.16. The fourth-order valence-corrected chi connectivity index (χ4v) is 2.16. The maximum absolute atomic E-state index is 12.7. The number of benzene rings is 2. The van der Waals surface area contributed by atoms with Crippen LogP contribution < -0.4 is 0 Å². The Balaban J connectivity index is 2.33. The van der Waals surface area contributed by atoms with Crippen molar-refractivity contribution in [3.63, 3.8) is 0 Å². The molecule has 0 nitrogen and oxygen atoms in total. The summed E-state index contributed by atoms with van der Waals surface area (Å²) in [6.07, 6.45) is -4.02. The fraction of sp³-hybridized carbons (Fsp3) is 0.200. The number of alkyl halides is 3. The van der Waals surface area contributed by atoms with Gasteiger partial charge in [0.15, 0.2) is 0 Å². The van der Waals surface area contributed by atoms with Gasteiger partial charge in [-0.25, -0.2) is 0 Å².